The smallest absolute Gasteiger partial charge is 0.253 e. The highest BCUT2D eigenvalue weighted by Crippen LogP contribution is 2.34. The molecule has 0 aromatic heterocycles. The molecule has 0 N–H and O–H groups in total. The average molecular weight is 247 g/mol. The lowest BCUT2D eigenvalue weighted by Crippen LogP contribution is -2.34. The van der Waals surface area contributed by atoms with Gasteiger partial charge in [-0.1, -0.05) is 0 Å². The van der Waals surface area contributed by atoms with Gasteiger partial charge in [-0.15, -0.1) is 0 Å². The Balaban J connectivity index is 1.70. The van der Waals surface area contributed by atoms with Crippen molar-refractivity contribution in [3.8, 4) is 0 Å². The average Bonchev–Trinajstić information content (AvgIpc) is 3.23. The topological polar surface area (TPSA) is 20.3 Å². The summed E-state index contributed by atoms with van der Waals surface area (Å²) >= 11 is 0. The van der Waals surface area contributed by atoms with Crippen LogP contribution in [-0.4, -0.2) is 23.9 Å². The van der Waals surface area contributed by atoms with Gasteiger partial charge in [0.2, 0.25) is 0 Å². The molecule has 3 heteroatoms. The summed E-state index contributed by atoms with van der Waals surface area (Å²) in [6.45, 7) is 1.76. The lowest BCUT2D eigenvalue weighted by atomic mass is 10.1. The Kier molecular flexibility index (Phi) is 3.06. The van der Waals surface area contributed by atoms with Gasteiger partial charge in [0.05, 0.1) is 0 Å². The molecule has 0 saturated heterocycles. The zero-order chi connectivity index (χ0) is 12.5. The number of hydrogen-bond donors (Lipinski definition) is 0. The van der Waals surface area contributed by atoms with E-state index in [1.807, 2.05) is 4.90 Å². The van der Waals surface area contributed by atoms with E-state index in [0.29, 0.717) is 17.4 Å². The molecular formula is C15H18FNO. The SMILES string of the molecule is O=C(c1ccc(F)cc1)N(CC1CC1)CC1CC1. The van der Waals surface area contributed by atoms with Crippen LogP contribution < -0.4 is 0 Å². The summed E-state index contributed by atoms with van der Waals surface area (Å²) in [6, 6.07) is 5.90. The highest BCUT2D eigenvalue weighted by atomic mass is 19.1. The first-order valence-corrected chi connectivity index (χ1v) is 6.77. The molecule has 2 saturated carbocycles. The Labute approximate surface area is 107 Å². The molecule has 18 heavy (non-hydrogen) atoms. The summed E-state index contributed by atoms with van der Waals surface area (Å²) in [5.74, 6) is 1.18. The van der Waals surface area contributed by atoms with Crippen LogP contribution in [0.5, 0.6) is 0 Å². The van der Waals surface area contributed by atoms with Crippen LogP contribution in [0.1, 0.15) is 36.0 Å². The van der Waals surface area contributed by atoms with E-state index in [-0.39, 0.29) is 11.7 Å². The van der Waals surface area contributed by atoms with Crippen molar-refractivity contribution in [1.82, 2.24) is 4.90 Å². The van der Waals surface area contributed by atoms with Crippen LogP contribution in [-0.2, 0) is 0 Å². The predicted octanol–water partition coefficient (Wildman–Crippen LogP) is 3.09. The van der Waals surface area contributed by atoms with Gasteiger partial charge in [-0.25, -0.2) is 4.39 Å². The van der Waals surface area contributed by atoms with Crippen molar-refractivity contribution < 1.29 is 9.18 Å². The first-order valence-electron chi connectivity index (χ1n) is 6.77. The van der Waals surface area contributed by atoms with Gasteiger partial charge in [0.15, 0.2) is 0 Å². The molecule has 0 aliphatic heterocycles. The van der Waals surface area contributed by atoms with E-state index in [9.17, 15) is 9.18 Å². The summed E-state index contributed by atoms with van der Waals surface area (Å²) in [6.07, 6.45) is 4.99. The second kappa shape index (κ2) is 4.71. The zero-order valence-corrected chi connectivity index (χ0v) is 10.4. The summed E-state index contributed by atoms with van der Waals surface area (Å²) < 4.78 is 12.9. The Hall–Kier alpha value is -1.38. The summed E-state index contributed by atoms with van der Waals surface area (Å²) in [5, 5.41) is 0. The third kappa shape index (κ3) is 2.89. The first kappa shape index (κ1) is 11.7. The number of rotatable bonds is 5. The second-order valence-electron chi connectivity index (χ2n) is 5.60. The van der Waals surface area contributed by atoms with Crippen molar-refractivity contribution in [3.63, 3.8) is 0 Å². The number of benzene rings is 1. The van der Waals surface area contributed by atoms with Crippen LogP contribution in [0.15, 0.2) is 24.3 Å². The van der Waals surface area contributed by atoms with E-state index in [2.05, 4.69) is 0 Å². The molecule has 1 aromatic rings. The van der Waals surface area contributed by atoms with Crippen LogP contribution in [0, 0.1) is 17.7 Å². The van der Waals surface area contributed by atoms with Gasteiger partial charge >= 0.3 is 0 Å². The van der Waals surface area contributed by atoms with E-state index < -0.39 is 0 Å². The fourth-order valence-electron chi connectivity index (χ4n) is 2.24. The number of carbonyl (C=O) groups is 1. The Morgan fingerprint density at radius 1 is 1.06 bits per heavy atom. The molecule has 0 spiro atoms. The Morgan fingerprint density at radius 2 is 1.56 bits per heavy atom. The molecular weight excluding hydrogens is 229 g/mol. The molecule has 0 heterocycles. The number of carbonyl (C=O) groups excluding carboxylic acids is 1. The van der Waals surface area contributed by atoms with Gasteiger partial charge in [0.1, 0.15) is 5.82 Å². The lowest BCUT2D eigenvalue weighted by molar-refractivity contribution is 0.0739. The normalized spacial score (nSPS) is 18.7. The summed E-state index contributed by atoms with van der Waals surface area (Å²) in [4.78, 5) is 14.4. The maximum Gasteiger partial charge on any atom is 0.253 e. The molecule has 2 fully saturated rings. The van der Waals surface area contributed by atoms with E-state index in [4.69, 9.17) is 0 Å². The van der Waals surface area contributed by atoms with Gasteiger partial charge in [0, 0.05) is 18.7 Å². The zero-order valence-electron chi connectivity index (χ0n) is 10.4. The molecule has 0 bridgehead atoms. The summed E-state index contributed by atoms with van der Waals surface area (Å²) in [7, 11) is 0. The van der Waals surface area contributed by atoms with Crippen molar-refractivity contribution in [2.24, 2.45) is 11.8 Å². The van der Waals surface area contributed by atoms with Crippen LogP contribution in [0.4, 0.5) is 4.39 Å². The molecule has 0 unspecified atom stereocenters. The van der Waals surface area contributed by atoms with Crippen LogP contribution in [0.25, 0.3) is 0 Å². The van der Waals surface area contributed by atoms with Gasteiger partial charge < -0.3 is 4.90 Å². The van der Waals surface area contributed by atoms with E-state index in [1.54, 1.807) is 12.1 Å². The predicted molar refractivity (Wildman–Crippen MR) is 67.8 cm³/mol. The lowest BCUT2D eigenvalue weighted by Gasteiger charge is -2.22. The first-order chi connectivity index (χ1) is 8.72. The molecule has 2 aliphatic rings. The molecule has 1 aromatic carbocycles. The number of nitrogens with zero attached hydrogens (tertiary/aromatic N) is 1. The quantitative estimate of drug-likeness (QED) is 0.783. The molecule has 2 aliphatic carbocycles. The third-order valence-corrected chi connectivity index (χ3v) is 3.73. The fourth-order valence-corrected chi connectivity index (χ4v) is 2.24. The maximum atomic E-state index is 12.9. The maximum absolute atomic E-state index is 12.9. The summed E-state index contributed by atoms with van der Waals surface area (Å²) in [5.41, 5.74) is 0.609. The van der Waals surface area contributed by atoms with Crippen molar-refractivity contribution in [2.45, 2.75) is 25.7 Å². The highest BCUT2D eigenvalue weighted by molar-refractivity contribution is 5.94. The molecule has 3 rings (SSSR count). The molecule has 0 atom stereocenters. The second-order valence-corrected chi connectivity index (χ2v) is 5.60. The fraction of sp³-hybridized carbons (Fsp3) is 0.533. The third-order valence-electron chi connectivity index (χ3n) is 3.73. The van der Waals surface area contributed by atoms with Gasteiger partial charge in [-0.05, 0) is 61.8 Å². The monoisotopic (exact) mass is 247 g/mol. The van der Waals surface area contributed by atoms with Crippen molar-refractivity contribution in [1.29, 1.82) is 0 Å². The minimum Gasteiger partial charge on any atom is -0.338 e. The van der Waals surface area contributed by atoms with Crippen molar-refractivity contribution in [3.05, 3.63) is 35.6 Å². The van der Waals surface area contributed by atoms with Crippen LogP contribution in [0.2, 0.25) is 0 Å². The van der Waals surface area contributed by atoms with Crippen molar-refractivity contribution in [2.75, 3.05) is 13.1 Å². The number of amides is 1. The van der Waals surface area contributed by atoms with Gasteiger partial charge in [0.25, 0.3) is 5.91 Å². The molecule has 1 amide bonds. The van der Waals surface area contributed by atoms with Gasteiger partial charge in [-0.3, -0.25) is 4.79 Å². The van der Waals surface area contributed by atoms with Crippen molar-refractivity contribution >= 4 is 5.91 Å². The molecule has 96 valence electrons. The standard InChI is InChI=1S/C15H18FNO/c16-14-7-5-13(6-8-14)15(18)17(9-11-1-2-11)10-12-3-4-12/h5-8,11-12H,1-4,9-10H2. The van der Waals surface area contributed by atoms with Crippen LogP contribution >= 0.6 is 0 Å². The molecule has 2 nitrogen and oxygen atoms in total. The minimum absolute atomic E-state index is 0.0637. The minimum atomic E-state index is -0.289. The Morgan fingerprint density at radius 3 is 2.00 bits per heavy atom. The van der Waals surface area contributed by atoms with Gasteiger partial charge in [-0.2, -0.15) is 0 Å². The number of halogens is 1. The highest BCUT2D eigenvalue weighted by Gasteiger charge is 2.31. The van der Waals surface area contributed by atoms with Crippen LogP contribution in [0.3, 0.4) is 0 Å². The number of hydrogen-bond acceptors (Lipinski definition) is 1. The van der Waals surface area contributed by atoms with E-state index in [0.717, 1.165) is 13.1 Å². The van der Waals surface area contributed by atoms with E-state index >= 15 is 0 Å². The molecule has 0 radical (unpaired) electrons. The Bertz CT molecular complexity index is 420. The van der Waals surface area contributed by atoms with E-state index in [1.165, 1.54) is 37.8 Å². The largest absolute Gasteiger partial charge is 0.338 e.